The molecule has 0 spiro atoms. The van der Waals surface area contributed by atoms with Crippen molar-refractivity contribution in [2.45, 2.75) is 84.5 Å². The van der Waals surface area contributed by atoms with Gasteiger partial charge in [-0.1, -0.05) is 71.1 Å². The van der Waals surface area contributed by atoms with Crippen LogP contribution in [0.15, 0.2) is 0 Å². The molecule has 0 aliphatic heterocycles. The second-order valence-corrected chi connectivity index (χ2v) is 5.40. The molecule has 0 aromatic rings. The average Bonchev–Trinajstić information content (AvgIpc) is 2.45. The number of esters is 1. The SMILES string of the molecule is CCCCCCCCCCCC[C@@H](C#N)C(=O)OCC. The molecule has 116 valence electrons. The van der Waals surface area contributed by atoms with Crippen LogP contribution in [-0.4, -0.2) is 12.6 Å². The van der Waals surface area contributed by atoms with Gasteiger partial charge in [0.05, 0.1) is 12.7 Å². The third-order valence-corrected chi connectivity index (χ3v) is 3.57. The molecule has 0 saturated heterocycles. The zero-order valence-electron chi connectivity index (χ0n) is 13.3. The number of hydrogen-bond acceptors (Lipinski definition) is 3. The van der Waals surface area contributed by atoms with E-state index in [4.69, 9.17) is 10.00 Å². The highest BCUT2D eigenvalue weighted by Crippen LogP contribution is 2.14. The van der Waals surface area contributed by atoms with Crippen molar-refractivity contribution >= 4 is 5.97 Å². The zero-order valence-corrected chi connectivity index (χ0v) is 13.3. The van der Waals surface area contributed by atoms with Gasteiger partial charge in [-0.2, -0.15) is 5.26 Å². The Morgan fingerprint density at radius 2 is 1.45 bits per heavy atom. The summed E-state index contributed by atoms with van der Waals surface area (Å²) in [5.74, 6) is -0.921. The molecule has 0 rings (SSSR count). The van der Waals surface area contributed by atoms with E-state index in [1.807, 2.05) is 6.07 Å². The molecule has 0 radical (unpaired) electrons. The van der Waals surface area contributed by atoms with E-state index in [9.17, 15) is 4.79 Å². The van der Waals surface area contributed by atoms with Gasteiger partial charge in [-0.05, 0) is 13.3 Å². The van der Waals surface area contributed by atoms with Gasteiger partial charge < -0.3 is 4.74 Å². The largest absolute Gasteiger partial charge is 0.465 e. The summed E-state index contributed by atoms with van der Waals surface area (Å²) >= 11 is 0. The lowest BCUT2D eigenvalue weighted by molar-refractivity contribution is -0.146. The summed E-state index contributed by atoms with van der Waals surface area (Å²) in [4.78, 5) is 11.4. The van der Waals surface area contributed by atoms with Crippen LogP contribution >= 0.6 is 0 Å². The normalized spacial score (nSPS) is 11.8. The molecular formula is C17H31NO2. The van der Waals surface area contributed by atoms with Gasteiger partial charge in [0.15, 0.2) is 0 Å². The third-order valence-electron chi connectivity index (χ3n) is 3.57. The van der Waals surface area contributed by atoms with Crippen molar-refractivity contribution in [1.29, 1.82) is 5.26 Å². The fourth-order valence-electron chi connectivity index (χ4n) is 2.31. The Labute approximate surface area is 124 Å². The molecule has 0 saturated carbocycles. The van der Waals surface area contributed by atoms with Gasteiger partial charge in [-0.25, -0.2) is 0 Å². The van der Waals surface area contributed by atoms with Crippen LogP contribution in [0.1, 0.15) is 84.5 Å². The molecule has 0 heterocycles. The van der Waals surface area contributed by atoms with Crippen molar-refractivity contribution in [2.24, 2.45) is 5.92 Å². The maximum absolute atomic E-state index is 11.4. The van der Waals surface area contributed by atoms with Gasteiger partial charge in [-0.15, -0.1) is 0 Å². The lowest BCUT2D eigenvalue weighted by Crippen LogP contribution is -2.16. The van der Waals surface area contributed by atoms with Crippen LogP contribution in [0.3, 0.4) is 0 Å². The van der Waals surface area contributed by atoms with E-state index in [2.05, 4.69) is 6.92 Å². The smallest absolute Gasteiger partial charge is 0.323 e. The monoisotopic (exact) mass is 281 g/mol. The van der Waals surface area contributed by atoms with Crippen molar-refractivity contribution in [3.63, 3.8) is 0 Å². The van der Waals surface area contributed by atoms with Crippen molar-refractivity contribution in [2.75, 3.05) is 6.61 Å². The predicted octanol–water partition coefficient (Wildman–Crippen LogP) is 5.00. The van der Waals surface area contributed by atoms with Crippen LogP contribution < -0.4 is 0 Å². The van der Waals surface area contributed by atoms with E-state index in [-0.39, 0.29) is 5.97 Å². The van der Waals surface area contributed by atoms with Gasteiger partial charge in [-0.3, -0.25) is 4.79 Å². The first kappa shape index (κ1) is 19.0. The quantitative estimate of drug-likeness (QED) is 0.352. The number of ether oxygens (including phenoxy) is 1. The van der Waals surface area contributed by atoms with Crippen LogP contribution in [0.25, 0.3) is 0 Å². The van der Waals surface area contributed by atoms with Crippen molar-refractivity contribution in [3.05, 3.63) is 0 Å². The molecule has 0 N–H and O–H groups in total. The van der Waals surface area contributed by atoms with Gasteiger partial charge in [0, 0.05) is 0 Å². The first-order chi connectivity index (χ1) is 9.76. The van der Waals surface area contributed by atoms with Gasteiger partial charge in [0.25, 0.3) is 0 Å². The maximum atomic E-state index is 11.4. The first-order valence-corrected chi connectivity index (χ1v) is 8.32. The topological polar surface area (TPSA) is 50.1 Å². The van der Waals surface area contributed by atoms with E-state index in [1.54, 1.807) is 6.92 Å². The number of carbonyl (C=O) groups excluding carboxylic acids is 1. The summed E-state index contributed by atoms with van der Waals surface area (Å²) in [6.07, 6.45) is 13.3. The molecule has 0 aliphatic carbocycles. The summed E-state index contributed by atoms with van der Waals surface area (Å²) in [6.45, 7) is 4.37. The second kappa shape index (κ2) is 14.4. The van der Waals surface area contributed by atoms with Crippen molar-refractivity contribution < 1.29 is 9.53 Å². The van der Waals surface area contributed by atoms with Gasteiger partial charge >= 0.3 is 5.97 Å². The Bertz CT molecular complexity index is 271. The number of carbonyl (C=O) groups is 1. The summed E-state index contributed by atoms with van der Waals surface area (Å²) in [6, 6.07) is 2.04. The second-order valence-electron chi connectivity index (χ2n) is 5.40. The summed E-state index contributed by atoms with van der Waals surface area (Å²) < 4.78 is 4.88. The molecule has 20 heavy (non-hydrogen) atoms. The van der Waals surface area contributed by atoms with Crippen LogP contribution in [-0.2, 0) is 9.53 Å². The van der Waals surface area contributed by atoms with Gasteiger partial charge in [0.1, 0.15) is 5.92 Å². The van der Waals surface area contributed by atoms with Crippen molar-refractivity contribution in [3.8, 4) is 6.07 Å². The lowest BCUT2D eigenvalue weighted by atomic mass is 10.0. The van der Waals surface area contributed by atoms with E-state index in [1.165, 1.54) is 51.4 Å². The number of unbranched alkanes of at least 4 members (excludes halogenated alkanes) is 9. The fourth-order valence-corrected chi connectivity index (χ4v) is 2.31. The first-order valence-electron chi connectivity index (χ1n) is 8.32. The molecule has 0 bridgehead atoms. The Morgan fingerprint density at radius 1 is 0.950 bits per heavy atom. The molecule has 3 nitrogen and oxygen atoms in total. The molecule has 1 atom stereocenters. The Morgan fingerprint density at radius 3 is 1.90 bits per heavy atom. The van der Waals surface area contributed by atoms with Gasteiger partial charge in [0.2, 0.25) is 0 Å². The maximum Gasteiger partial charge on any atom is 0.323 e. The summed E-state index contributed by atoms with van der Waals surface area (Å²) in [5.41, 5.74) is 0. The molecular weight excluding hydrogens is 250 g/mol. The molecule has 0 aliphatic rings. The Hall–Kier alpha value is -1.04. The molecule has 0 amide bonds. The molecule has 0 aromatic carbocycles. The molecule has 3 heteroatoms. The zero-order chi connectivity index (χ0) is 15.1. The van der Waals surface area contributed by atoms with E-state index >= 15 is 0 Å². The van der Waals surface area contributed by atoms with Crippen LogP contribution in [0.2, 0.25) is 0 Å². The molecule has 0 aromatic heterocycles. The van der Waals surface area contributed by atoms with E-state index in [0.717, 1.165) is 12.8 Å². The Balaban J connectivity index is 3.38. The molecule has 0 fully saturated rings. The molecule has 0 unspecified atom stereocenters. The predicted molar refractivity (Wildman–Crippen MR) is 82.2 cm³/mol. The highest BCUT2D eigenvalue weighted by molar-refractivity contribution is 5.75. The van der Waals surface area contributed by atoms with Crippen LogP contribution in [0.4, 0.5) is 0 Å². The van der Waals surface area contributed by atoms with Crippen LogP contribution in [0.5, 0.6) is 0 Å². The van der Waals surface area contributed by atoms with Crippen molar-refractivity contribution in [1.82, 2.24) is 0 Å². The number of nitriles is 1. The fraction of sp³-hybridized carbons (Fsp3) is 0.882. The minimum atomic E-state index is -0.566. The van der Waals surface area contributed by atoms with E-state index in [0.29, 0.717) is 13.0 Å². The number of nitrogens with zero attached hydrogens (tertiary/aromatic N) is 1. The minimum Gasteiger partial charge on any atom is -0.465 e. The van der Waals surface area contributed by atoms with Crippen LogP contribution in [0, 0.1) is 17.2 Å². The third kappa shape index (κ3) is 10.8. The number of hydrogen-bond donors (Lipinski definition) is 0. The standard InChI is InChI=1S/C17H31NO2/c1-3-5-6-7-8-9-10-11-12-13-14-16(15-18)17(19)20-4-2/h16H,3-14H2,1-2H3/t16-/m0/s1. The lowest BCUT2D eigenvalue weighted by Gasteiger charge is -2.07. The Kier molecular flexibility index (Phi) is 13.6. The average molecular weight is 281 g/mol. The van der Waals surface area contributed by atoms with E-state index < -0.39 is 5.92 Å². The number of rotatable bonds is 13. The summed E-state index contributed by atoms with van der Waals surface area (Å²) in [7, 11) is 0. The summed E-state index contributed by atoms with van der Waals surface area (Å²) in [5, 5.41) is 8.92. The minimum absolute atomic E-state index is 0.356. The highest BCUT2D eigenvalue weighted by atomic mass is 16.5. The highest BCUT2D eigenvalue weighted by Gasteiger charge is 2.17.